The molecule has 0 unspecified atom stereocenters. The molecule has 1 aliphatic rings. The Bertz CT molecular complexity index is 333. The molecule has 0 fully saturated rings. The van der Waals surface area contributed by atoms with E-state index >= 15 is 0 Å². The molecule has 64 valence electrons. The van der Waals surface area contributed by atoms with Crippen LogP contribution < -0.4 is 0 Å². The van der Waals surface area contributed by atoms with Gasteiger partial charge in [-0.1, -0.05) is 0 Å². The fourth-order valence-corrected chi connectivity index (χ4v) is 1.02. The number of ketones is 2. The van der Waals surface area contributed by atoms with Crippen LogP contribution in [0.1, 0.15) is 13.8 Å². The highest BCUT2D eigenvalue weighted by atomic mass is 16.3. The fraction of sp³-hybridized carbons (Fsp3) is 0.250. The second-order valence-electron chi connectivity index (χ2n) is 2.58. The summed E-state index contributed by atoms with van der Waals surface area (Å²) in [6, 6.07) is 0. The zero-order valence-corrected chi connectivity index (χ0v) is 6.71. The lowest BCUT2D eigenvalue weighted by molar-refractivity contribution is -0.119. The highest BCUT2D eigenvalue weighted by molar-refractivity contribution is 6.27. The van der Waals surface area contributed by atoms with Crippen LogP contribution in [-0.2, 0) is 9.59 Å². The van der Waals surface area contributed by atoms with E-state index in [4.69, 9.17) is 5.11 Å². The molecule has 0 aromatic heterocycles. The Labute approximate surface area is 68.8 Å². The van der Waals surface area contributed by atoms with Gasteiger partial charge in [-0.15, -0.1) is 0 Å². The van der Waals surface area contributed by atoms with Gasteiger partial charge in [0.25, 0.3) is 0 Å². The molecule has 0 saturated carbocycles. The van der Waals surface area contributed by atoms with E-state index in [0.29, 0.717) is 0 Å². The predicted molar refractivity (Wildman–Crippen MR) is 40.7 cm³/mol. The Morgan fingerprint density at radius 3 is 1.92 bits per heavy atom. The van der Waals surface area contributed by atoms with Crippen molar-refractivity contribution in [1.29, 1.82) is 0 Å². The van der Waals surface area contributed by atoms with Gasteiger partial charge in [-0.05, 0) is 13.8 Å². The van der Waals surface area contributed by atoms with Crippen molar-refractivity contribution in [2.75, 3.05) is 0 Å². The predicted octanol–water partition coefficient (Wildman–Crippen LogP) is 0.802. The van der Waals surface area contributed by atoms with Crippen LogP contribution in [0.2, 0.25) is 0 Å². The zero-order chi connectivity index (χ0) is 9.46. The second kappa shape index (κ2) is 2.48. The zero-order valence-electron chi connectivity index (χ0n) is 6.71. The summed E-state index contributed by atoms with van der Waals surface area (Å²) in [6.07, 6.45) is 0. The molecule has 0 amide bonds. The minimum atomic E-state index is -0.794. The van der Waals surface area contributed by atoms with Gasteiger partial charge >= 0.3 is 0 Å². The average Bonchev–Trinajstić information content (AvgIpc) is 2.16. The fourth-order valence-electron chi connectivity index (χ4n) is 1.02. The number of carbonyl (C=O) groups excluding carboxylic acids is 2. The topological polar surface area (TPSA) is 74.6 Å². The molecular weight excluding hydrogens is 160 g/mol. The summed E-state index contributed by atoms with van der Waals surface area (Å²) >= 11 is 0. The summed E-state index contributed by atoms with van der Waals surface area (Å²) < 4.78 is 0. The quantitative estimate of drug-likeness (QED) is 0.568. The van der Waals surface area contributed by atoms with Crippen LogP contribution >= 0.6 is 0 Å². The maximum Gasteiger partial charge on any atom is 0.235 e. The Kier molecular flexibility index (Phi) is 1.76. The van der Waals surface area contributed by atoms with Crippen molar-refractivity contribution >= 4 is 11.6 Å². The third-order valence-corrected chi connectivity index (χ3v) is 1.74. The maximum atomic E-state index is 11.0. The molecule has 1 rings (SSSR count). The highest BCUT2D eigenvalue weighted by Crippen LogP contribution is 2.25. The summed E-state index contributed by atoms with van der Waals surface area (Å²) in [6.45, 7) is 2.54. The summed E-state index contributed by atoms with van der Waals surface area (Å²) in [4.78, 5) is 21.8. The number of hydrogen-bond donors (Lipinski definition) is 2. The van der Waals surface area contributed by atoms with Crippen molar-refractivity contribution in [3.05, 3.63) is 22.7 Å². The Morgan fingerprint density at radius 1 is 1.25 bits per heavy atom. The second-order valence-corrected chi connectivity index (χ2v) is 2.58. The molecule has 2 N–H and O–H groups in total. The summed E-state index contributed by atoms with van der Waals surface area (Å²) in [5.41, 5.74) is -0.268. The minimum Gasteiger partial charge on any atom is -0.507 e. The van der Waals surface area contributed by atoms with E-state index in [1.807, 2.05) is 0 Å². The van der Waals surface area contributed by atoms with Crippen LogP contribution in [0, 0.1) is 0 Å². The number of aliphatic hydroxyl groups is 2. The molecule has 0 spiro atoms. The van der Waals surface area contributed by atoms with Crippen LogP contribution in [-0.4, -0.2) is 21.8 Å². The molecule has 0 aromatic carbocycles. The SMILES string of the molecule is CC(=O)C1=C(O)C(C)=C(O)C1=O. The molecule has 0 radical (unpaired) electrons. The summed E-state index contributed by atoms with van der Waals surface area (Å²) in [5.74, 6) is -2.29. The Morgan fingerprint density at radius 2 is 1.75 bits per heavy atom. The largest absolute Gasteiger partial charge is 0.507 e. The van der Waals surface area contributed by atoms with Gasteiger partial charge < -0.3 is 10.2 Å². The number of aliphatic hydroxyl groups excluding tert-OH is 2. The molecule has 12 heavy (non-hydrogen) atoms. The van der Waals surface area contributed by atoms with E-state index in [1.165, 1.54) is 6.92 Å². The lowest BCUT2D eigenvalue weighted by Crippen LogP contribution is -2.09. The lowest BCUT2D eigenvalue weighted by atomic mass is 10.1. The minimum absolute atomic E-state index is 0.0604. The molecule has 0 aliphatic heterocycles. The average molecular weight is 168 g/mol. The van der Waals surface area contributed by atoms with Crippen LogP contribution in [0.4, 0.5) is 0 Å². The molecule has 1 aliphatic carbocycles. The number of Topliss-reactive ketones (excluding diaryl/α,β-unsaturated/α-hetero) is 2. The van der Waals surface area contributed by atoms with Gasteiger partial charge in [-0.2, -0.15) is 0 Å². The third-order valence-electron chi connectivity index (χ3n) is 1.74. The van der Waals surface area contributed by atoms with Crippen molar-refractivity contribution in [1.82, 2.24) is 0 Å². The first-order valence-corrected chi connectivity index (χ1v) is 3.36. The van der Waals surface area contributed by atoms with E-state index in [-0.39, 0.29) is 11.1 Å². The maximum absolute atomic E-state index is 11.0. The van der Waals surface area contributed by atoms with Crippen LogP contribution in [0.5, 0.6) is 0 Å². The molecule has 0 saturated heterocycles. The van der Waals surface area contributed by atoms with Gasteiger partial charge in [-0.25, -0.2) is 0 Å². The molecule has 4 heteroatoms. The van der Waals surface area contributed by atoms with Crippen LogP contribution in [0.15, 0.2) is 22.7 Å². The molecule has 0 atom stereocenters. The van der Waals surface area contributed by atoms with Gasteiger partial charge in [0.2, 0.25) is 5.78 Å². The van der Waals surface area contributed by atoms with E-state index in [2.05, 4.69) is 0 Å². The van der Waals surface area contributed by atoms with Gasteiger partial charge in [-0.3, -0.25) is 9.59 Å². The van der Waals surface area contributed by atoms with Crippen molar-refractivity contribution in [2.24, 2.45) is 0 Å². The lowest BCUT2D eigenvalue weighted by Gasteiger charge is -1.94. The number of hydrogen-bond acceptors (Lipinski definition) is 4. The monoisotopic (exact) mass is 168 g/mol. The van der Waals surface area contributed by atoms with E-state index in [9.17, 15) is 14.7 Å². The third kappa shape index (κ3) is 0.922. The molecule has 0 aromatic rings. The summed E-state index contributed by atoms with van der Waals surface area (Å²) in [7, 11) is 0. The first-order valence-electron chi connectivity index (χ1n) is 3.36. The number of rotatable bonds is 1. The van der Waals surface area contributed by atoms with Crippen LogP contribution in [0.25, 0.3) is 0 Å². The summed E-state index contributed by atoms with van der Waals surface area (Å²) in [5, 5.41) is 18.2. The van der Waals surface area contributed by atoms with Crippen molar-refractivity contribution in [3.63, 3.8) is 0 Å². The van der Waals surface area contributed by atoms with Crippen molar-refractivity contribution in [2.45, 2.75) is 13.8 Å². The van der Waals surface area contributed by atoms with Gasteiger partial charge in [0.05, 0.1) is 0 Å². The van der Waals surface area contributed by atoms with Crippen molar-refractivity contribution < 1.29 is 19.8 Å². The first-order chi connectivity index (χ1) is 5.46. The Hall–Kier alpha value is -1.58. The van der Waals surface area contributed by atoms with Gasteiger partial charge in [0.15, 0.2) is 11.5 Å². The number of allylic oxidation sites excluding steroid dienone is 2. The molecule has 0 heterocycles. The Balaban J connectivity index is 3.27. The number of carbonyl (C=O) groups is 2. The van der Waals surface area contributed by atoms with E-state index in [0.717, 1.165) is 6.92 Å². The van der Waals surface area contributed by atoms with Crippen LogP contribution in [0.3, 0.4) is 0 Å². The van der Waals surface area contributed by atoms with Gasteiger partial charge in [0, 0.05) is 5.57 Å². The highest BCUT2D eigenvalue weighted by Gasteiger charge is 2.32. The van der Waals surface area contributed by atoms with E-state index in [1.54, 1.807) is 0 Å². The molecule has 4 nitrogen and oxygen atoms in total. The van der Waals surface area contributed by atoms with Crippen molar-refractivity contribution in [3.8, 4) is 0 Å². The first kappa shape index (κ1) is 8.52. The normalized spacial score (nSPS) is 17.7. The molecular formula is C8H8O4. The van der Waals surface area contributed by atoms with Gasteiger partial charge in [0.1, 0.15) is 11.3 Å². The smallest absolute Gasteiger partial charge is 0.235 e. The van der Waals surface area contributed by atoms with E-state index < -0.39 is 23.1 Å². The standard InChI is InChI=1S/C8H8O4/c1-3-6(10)5(4(2)9)8(12)7(3)11/h10H,1-2H3,(H,11,12). The molecule has 0 bridgehead atoms.